The molecule has 1 aliphatic carbocycles. The molecule has 104 valence electrons. The lowest BCUT2D eigenvalue weighted by Crippen LogP contribution is -2.42. The van der Waals surface area contributed by atoms with E-state index in [1.54, 1.807) is 0 Å². The number of benzene rings is 1. The SMILES string of the molecule is CCCC1CC1NC(=O)C(N)CCc1ccccc1. The number of nitrogens with two attached hydrogens (primary N) is 1. The molecule has 3 nitrogen and oxygen atoms in total. The molecule has 0 bridgehead atoms. The van der Waals surface area contributed by atoms with Crippen LogP contribution in [0.4, 0.5) is 0 Å². The highest BCUT2D eigenvalue weighted by Crippen LogP contribution is 2.34. The maximum Gasteiger partial charge on any atom is 0.237 e. The molecular formula is C16H24N2O. The molecule has 0 spiro atoms. The van der Waals surface area contributed by atoms with E-state index in [1.807, 2.05) is 18.2 Å². The molecule has 0 saturated heterocycles. The number of carbonyl (C=O) groups excluding carboxylic acids is 1. The summed E-state index contributed by atoms with van der Waals surface area (Å²) >= 11 is 0. The maximum atomic E-state index is 11.9. The van der Waals surface area contributed by atoms with Crippen molar-refractivity contribution in [1.82, 2.24) is 5.32 Å². The molecule has 3 N–H and O–H groups in total. The van der Waals surface area contributed by atoms with Crippen molar-refractivity contribution in [2.75, 3.05) is 0 Å². The second kappa shape index (κ2) is 6.71. The Morgan fingerprint density at radius 2 is 2.16 bits per heavy atom. The van der Waals surface area contributed by atoms with E-state index >= 15 is 0 Å². The van der Waals surface area contributed by atoms with Crippen molar-refractivity contribution in [3.63, 3.8) is 0 Å². The summed E-state index contributed by atoms with van der Waals surface area (Å²) in [5.74, 6) is 0.704. The number of nitrogens with one attached hydrogen (secondary N) is 1. The van der Waals surface area contributed by atoms with Gasteiger partial charge in [0.05, 0.1) is 6.04 Å². The van der Waals surface area contributed by atoms with Gasteiger partial charge in [-0.1, -0.05) is 43.7 Å². The number of rotatable bonds is 7. The van der Waals surface area contributed by atoms with Crippen LogP contribution in [0.1, 0.15) is 38.2 Å². The summed E-state index contributed by atoms with van der Waals surface area (Å²) in [5, 5.41) is 3.06. The Morgan fingerprint density at radius 3 is 2.84 bits per heavy atom. The first-order valence-electron chi connectivity index (χ1n) is 7.30. The summed E-state index contributed by atoms with van der Waals surface area (Å²) in [6.07, 6.45) is 5.10. The Morgan fingerprint density at radius 1 is 1.42 bits per heavy atom. The fraction of sp³-hybridized carbons (Fsp3) is 0.562. The third-order valence-electron chi connectivity index (χ3n) is 3.83. The topological polar surface area (TPSA) is 55.1 Å². The Kier molecular flexibility index (Phi) is 4.97. The van der Waals surface area contributed by atoms with Crippen molar-refractivity contribution in [3.05, 3.63) is 35.9 Å². The number of hydrogen-bond acceptors (Lipinski definition) is 2. The smallest absolute Gasteiger partial charge is 0.237 e. The van der Waals surface area contributed by atoms with Crippen molar-refractivity contribution < 1.29 is 4.79 Å². The predicted octanol–water partition coefficient (Wildman–Crippen LogP) is 2.25. The minimum atomic E-state index is -0.386. The summed E-state index contributed by atoms with van der Waals surface area (Å²) in [7, 11) is 0. The van der Waals surface area contributed by atoms with Crippen LogP contribution >= 0.6 is 0 Å². The van der Waals surface area contributed by atoms with Crippen molar-refractivity contribution in [3.8, 4) is 0 Å². The lowest BCUT2D eigenvalue weighted by atomic mass is 10.1. The van der Waals surface area contributed by atoms with E-state index in [-0.39, 0.29) is 11.9 Å². The molecule has 0 aromatic heterocycles. The molecular weight excluding hydrogens is 236 g/mol. The number of amides is 1. The van der Waals surface area contributed by atoms with Gasteiger partial charge in [-0.3, -0.25) is 4.79 Å². The Labute approximate surface area is 115 Å². The minimum absolute atomic E-state index is 0.0135. The number of hydrogen-bond donors (Lipinski definition) is 2. The van der Waals surface area contributed by atoms with E-state index in [1.165, 1.54) is 18.4 Å². The molecule has 1 saturated carbocycles. The van der Waals surface area contributed by atoms with Gasteiger partial charge >= 0.3 is 0 Å². The lowest BCUT2D eigenvalue weighted by molar-refractivity contribution is -0.122. The van der Waals surface area contributed by atoms with Crippen molar-refractivity contribution in [2.24, 2.45) is 11.7 Å². The molecule has 0 heterocycles. The number of carbonyl (C=O) groups is 1. The van der Waals surface area contributed by atoms with Gasteiger partial charge in [-0.05, 0) is 37.2 Å². The normalized spacial score (nSPS) is 22.8. The van der Waals surface area contributed by atoms with E-state index in [9.17, 15) is 4.79 Å². The van der Waals surface area contributed by atoms with Crippen molar-refractivity contribution in [2.45, 2.75) is 51.1 Å². The first-order chi connectivity index (χ1) is 9.20. The van der Waals surface area contributed by atoms with E-state index in [4.69, 9.17) is 5.73 Å². The largest absolute Gasteiger partial charge is 0.352 e. The van der Waals surface area contributed by atoms with Crippen LogP contribution in [-0.4, -0.2) is 18.0 Å². The van der Waals surface area contributed by atoms with Crippen LogP contribution in [0.5, 0.6) is 0 Å². The van der Waals surface area contributed by atoms with Crippen LogP contribution in [0, 0.1) is 5.92 Å². The second-order valence-corrected chi connectivity index (χ2v) is 5.53. The van der Waals surface area contributed by atoms with Gasteiger partial charge in [0.1, 0.15) is 0 Å². The van der Waals surface area contributed by atoms with E-state index in [0.29, 0.717) is 18.4 Å². The molecule has 2 rings (SSSR count). The second-order valence-electron chi connectivity index (χ2n) is 5.53. The van der Waals surface area contributed by atoms with Gasteiger partial charge in [-0.15, -0.1) is 0 Å². The van der Waals surface area contributed by atoms with Gasteiger partial charge in [-0.25, -0.2) is 0 Å². The zero-order chi connectivity index (χ0) is 13.7. The molecule has 3 unspecified atom stereocenters. The molecule has 0 radical (unpaired) electrons. The third-order valence-corrected chi connectivity index (χ3v) is 3.83. The van der Waals surface area contributed by atoms with Crippen LogP contribution in [0.3, 0.4) is 0 Å². The zero-order valence-electron chi connectivity index (χ0n) is 11.6. The summed E-state index contributed by atoms with van der Waals surface area (Å²) in [6, 6.07) is 10.2. The summed E-state index contributed by atoms with van der Waals surface area (Å²) in [4.78, 5) is 11.9. The summed E-state index contributed by atoms with van der Waals surface area (Å²) < 4.78 is 0. The van der Waals surface area contributed by atoms with Gasteiger partial charge in [0.15, 0.2) is 0 Å². The van der Waals surface area contributed by atoms with Gasteiger partial charge < -0.3 is 11.1 Å². The van der Waals surface area contributed by atoms with Crippen LogP contribution in [0.15, 0.2) is 30.3 Å². The fourth-order valence-electron chi connectivity index (χ4n) is 2.50. The molecule has 1 aliphatic rings. The standard InChI is InChI=1S/C16H24N2O/c1-2-6-13-11-15(13)18-16(19)14(17)10-9-12-7-4-3-5-8-12/h3-5,7-8,13-15H,2,6,9-11,17H2,1H3,(H,18,19). The Hall–Kier alpha value is -1.35. The fourth-order valence-corrected chi connectivity index (χ4v) is 2.50. The highest BCUT2D eigenvalue weighted by Gasteiger charge is 2.37. The number of aryl methyl sites for hydroxylation is 1. The highest BCUT2D eigenvalue weighted by molar-refractivity contribution is 5.82. The van der Waals surface area contributed by atoms with E-state index in [0.717, 1.165) is 12.8 Å². The summed E-state index contributed by atoms with van der Waals surface area (Å²) in [6.45, 7) is 2.18. The molecule has 3 heteroatoms. The predicted molar refractivity (Wildman–Crippen MR) is 77.7 cm³/mol. The van der Waals surface area contributed by atoms with Crippen LogP contribution in [0.25, 0.3) is 0 Å². The monoisotopic (exact) mass is 260 g/mol. The quantitative estimate of drug-likeness (QED) is 0.790. The van der Waals surface area contributed by atoms with Gasteiger partial charge in [0, 0.05) is 6.04 Å². The zero-order valence-corrected chi connectivity index (χ0v) is 11.6. The van der Waals surface area contributed by atoms with Crippen LogP contribution in [-0.2, 0) is 11.2 Å². The molecule has 1 fully saturated rings. The van der Waals surface area contributed by atoms with Gasteiger partial charge in [0.2, 0.25) is 5.91 Å². The Balaban J connectivity index is 1.68. The highest BCUT2D eigenvalue weighted by atomic mass is 16.2. The molecule has 3 atom stereocenters. The molecule has 1 aromatic carbocycles. The van der Waals surface area contributed by atoms with Crippen molar-refractivity contribution >= 4 is 5.91 Å². The first-order valence-corrected chi connectivity index (χ1v) is 7.30. The average molecular weight is 260 g/mol. The average Bonchev–Trinajstić information content (AvgIpc) is 3.15. The lowest BCUT2D eigenvalue weighted by Gasteiger charge is -2.12. The van der Waals surface area contributed by atoms with Gasteiger partial charge in [-0.2, -0.15) is 0 Å². The van der Waals surface area contributed by atoms with Crippen LogP contribution < -0.4 is 11.1 Å². The van der Waals surface area contributed by atoms with E-state index in [2.05, 4.69) is 24.4 Å². The maximum absolute atomic E-state index is 11.9. The molecule has 19 heavy (non-hydrogen) atoms. The molecule has 1 amide bonds. The molecule has 1 aromatic rings. The van der Waals surface area contributed by atoms with Crippen molar-refractivity contribution in [1.29, 1.82) is 0 Å². The van der Waals surface area contributed by atoms with Gasteiger partial charge in [0.25, 0.3) is 0 Å². The Bertz CT molecular complexity index is 404. The molecule has 0 aliphatic heterocycles. The summed E-state index contributed by atoms with van der Waals surface area (Å²) in [5.41, 5.74) is 7.19. The van der Waals surface area contributed by atoms with Crippen LogP contribution in [0.2, 0.25) is 0 Å². The first kappa shape index (κ1) is 14.1. The minimum Gasteiger partial charge on any atom is -0.352 e. The van der Waals surface area contributed by atoms with E-state index < -0.39 is 0 Å². The third kappa shape index (κ3) is 4.35.